The van der Waals surface area contributed by atoms with Gasteiger partial charge in [0.25, 0.3) is 0 Å². The Morgan fingerprint density at radius 1 is 1.12 bits per heavy atom. The molecule has 0 aliphatic carbocycles. The lowest BCUT2D eigenvalue weighted by Crippen LogP contribution is -2.24. The number of para-hydroxylation sites is 2. The molecule has 0 atom stereocenters. The lowest BCUT2D eigenvalue weighted by Gasteiger charge is -2.11. The first-order chi connectivity index (χ1) is 12.7. The van der Waals surface area contributed by atoms with Gasteiger partial charge >= 0.3 is 0 Å². The van der Waals surface area contributed by atoms with Crippen molar-refractivity contribution in [1.82, 2.24) is 14.9 Å². The molecule has 1 aromatic heterocycles. The summed E-state index contributed by atoms with van der Waals surface area (Å²) in [7, 11) is 0. The maximum atomic E-state index is 11.6. The van der Waals surface area contributed by atoms with Gasteiger partial charge in [-0.2, -0.15) is 0 Å². The van der Waals surface area contributed by atoms with E-state index in [1.165, 1.54) is 5.56 Å². The number of carbonyl (C=O) groups excluding carboxylic acids is 1. The molecule has 1 heterocycles. The second-order valence-corrected chi connectivity index (χ2v) is 6.14. The van der Waals surface area contributed by atoms with Gasteiger partial charge in [0.15, 0.2) is 0 Å². The molecule has 0 fully saturated rings. The Labute approximate surface area is 154 Å². The Morgan fingerprint density at radius 3 is 2.62 bits per heavy atom. The van der Waals surface area contributed by atoms with E-state index < -0.39 is 0 Å². The number of nitrogens with zero attached hydrogens (tertiary/aromatic N) is 2. The van der Waals surface area contributed by atoms with Crippen LogP contribution >= 0.6 is 0 Å². The highest BCUT2D eigenvalue weighted by atomic mass is 16.5. The number of carbonyl (C=O) groups is 1. The van der Waals surface area contributed by atoms with E-state index in [0.29, 0.717) is 26.1 Å². The smallest absolute Gasteiger partial charge is 0.220 e. The lowest BCUT2D eigenvalue weighted by molar-refractivity contribution is -0.120. The van der Waals surface area contributed by atoms with Crippen molar-refractivity contribution in [1.29, 1.82) is 0 Å². The monoisotopic (exact) mass is 351 g/mol. The third-order valence-corrected chi connectivity index (χ3v) is 4.41. The number of ether oxygens (including phenoxy) is 1. The van der Waals surface area contributed by atoms with Gasteiger partial charge in [-0.3, -0.25) is 4.79 Å². The average Bonchev–Trinajstić information content (AvgIpc) is 3.04. The molecule has 0 saturated carbocycles. The van der Waals surface area contributed by atoms with Gasteiger partial charge in [-0.25, -0.2) is 4.98 Å². The van der Waals surface area contributed by atoms with Gasteiger partial charge in [0.05, 0.1) is 24.1 Å². The van der Waals surface area contributed by atoms with Crippen LogP contribution in [0.2, 0.25) is 0 Å². The molecule has 136 valence electrons. The van der Waals surface area contributed by atoms with Crippen LogP contribution < -0.4 is 10.1 Å². The fraction of sp³-hybridized carbons (Fsp3) is 0.333. The Morgan fingerprint density at radius 2 is 1.88 bits per heavy atom. The van der Waals surface area contributed by atoms with Crippen LogP contribution in [-0.2, 0) is 24.3 Å². The normalized spacial score (nSPS) is 10.8. The first kappa shape index (κ1) is 18.0. The van der Waals surface area contributed by atoms with E-state index in [1.807, 2.05) is 43.3 Å². The van der Waals surface area contributed by atoms with Crippen molar-refractivity contribution in [2.75, 3.05) is 6.61 Å². The molecule has 2 aromatic carbocycles. The van der Waals surface area contributed by atoms with Crippen molar-refractivity contribution in [2.45, 2.75) is 39.8 Å². The molecule has 0 unspecified atom stereocenters. The topological polar surface area (TPSA) is 56.2 Å². The van der Waals surface area contributed by atoms with E-state index in [1.54, 1.807) is 0 Å². The van der Waals surface area contributed by atoms with Gasteiger partial charge in [-0.05, 0) is 36.2 Å². The summed E-state index contributed by atoms with van der Waals surface area (Å²) < 4.78 is 8.01. The highest BCUT2D eigenvalue weighted by molar-refractivity contribution is 5.77. The number of aryl methyl sites for hydroxylation is 1. The molecule has 0 saturated heterocycles. The zero-order valence-corrected chi connectivity index (χ0v) is 15.4. The molecule has 1 N–H and O–H groups in total. The molecule has 0 bridgehead atoms. The Kier molecular flexibility index (Phi) is 5.89. The molecular formula is C21H25N3O2. The van der Waals surface area contributed by atoms with Gasteiger partial charge in [0, 0.05) is 6.42 Å². The summed E-state index contributed by atoms with van der Waals surface area (Å²) >= 11 is 0. The molecular weight excluding hydrogens is 326 g/mol. The fourth-order valence-electron chi connectivity index (χ4n) is 2.89. The Hall–Kier alpha value is -2.82. The maximum absolute atomic E-state index is 11.6. The number of hydrogen-bond donors (Lipinski definition) is 1. The number of hydrogen-bond acceptors (Lipinski definition) is 3. The van der Waals surface area contributed by atoms with E-state index in [4.69, 9.17) is 4.74 Å². The second-order valence-electron chi connectivity index (χ2n) is 6.14. The second kappa shape index (κ2) is 8.52. The van der Waals surface area contributed by atoms with Gasteiger partial charge in [-0.1, -0.05) is 38.1 Å². The summed E-state index contributed by atoms with van der Waals surface area (Å²) in [5.74, 6) is 1.74. The number of benzene rings is 2. The van der Waals surface area contributed by atoms with Gasteiger partial charge < -0.3 is 14.6 Å². The van der Waals surface area contributed by atoms with Crippen LogP contribution in [0.5, 0.6) is 5.75 Å². The molecule has 0 aliphatic rings. The Balaban J connectivity index is 1.71. The first-order valence-corrected chi connectivity index (χ1v) is 9.13. The predicted octanol–water partition coefficient (Wildman–Crippen LogP) is 3.70. The number of imidazole rings is 1. The van der Waals surface area contributed by atoms with Gasteiger partial charge in [0.1, 0.15) is 18.2 Å². The minimum absolute atomic E-state index is 0.0240. The van der Waals surface area contributed by atoms with Crippen LogP contribution in [0, 0.1) is 0 Å². The molecule has 5 heteroatoms. The van der Waals surface area contributed by atoms with Crippen molar-refractivity contribution in [3.8, 4) is 5.75 Å². The molecule has 3 aromatic rings. The molecule has 26 heavy (non-hydrogen) atoms. The van der Waals surface area contributed by atoms with Gasteiger partial charge in [-0.15, -0.1) is 0 Å². The quantitative estimate of drug-likeness (QED) is 0.673. The summed E-state index contributed by atoms with van der Waals surface area (Å²) in [6.45, 7) is 5.62. The van der Waals surface area contributed by atoms with Crippen LogP contribution in [-0.4, -0.2) is 22.1 Å². The lowest BCUT2D eigenvalue weighted by atomic mass is 10.2. The van der Waals surface area contributed by atoms with Crippen molar-refractivity contribution >= 4 is 16.9 Å². The minimum Gasteiger partial charge on any atom is -0.492 e. The molecule has 5 nitrogen and oxygen atoms in total. The summed E-state index contributed by atoms with van der Waals surface area (Å²) in [6, 6.07) is 16.2. The van der Waals surface area contributed by atoms with E-state index in [0.717, 1.165) is 29.0 Å². The van der Waals surface area contributed by atoms with Crippen LogP contribution in [0.25, 0.3) is 11.0 Å². The fourth-order valence-corrected chi connectivity index (χ4v) is 2.89. The van der Waals surface area contributed by atoms with E-state index in [9.17, 15) is 4.79 Å². The first-order valence-electron chi connectivity index (χ1n) is 9.13. The minimum atomic E-state index is 0.0240. The zero-order chi connectivity index (χ0) is 18.4. The molecule has 1 amide bonds. The number of aromatic nitrogens is 2. The van der Waals surface area contributed by atoms with Crippen LogP contribution in [0.15, 0.2) is 48.5 Å². The zero-order valence-electron chi connectivity index (χ0n) is 15.4. The highest BCUT2D eigenvalue weighted by Gasteiger charge is 2.11. The van der Waals surface area contributed by atoms with Crippen molar-refractivity contribution < 1.29 is 9.53 Å². The number of amides is 1. The standard InChI is InChI=1S/C21H25N3O2/c1-3-16-9-11-17(12-10-16)26-14-13-24-19-8-6-5-7-18(19)23-20(24)15-22-21(25)4-2/h5-12H,3-4,13-15H2,1-2H3,(H,22,25). The average molecular weight is 351 g/mol. The van der Waals surface area contributed by atoms with Crippen molar-refractivity contribution in [3.63, 3.8) is 0 Å². The summed E-state index contributed by atoms with van der Waals surface area (Å²) in [5, 5.41) is 2.91. The van der Waals surface area contributed by atoms with Crippen LogP contribution in [0.3, 0.4) is 0 Å². The summed E-state index contributed by atoms with van der Waals surface area (Å²) in [4.78, 5) is 16.3. The third-order valence-electron chi connectivity index (χ3n) is 4.41. The maximum Gasteiger partial charge on any atom is 0.220 e. The Bertz CT molecular complexity index is 869. The summed E-state index contributed by atoms with van der Waals surface area (Å²) in [6.07, 6.45) is 1.49. The van der Waals surface area contributed by atoms with Crippen LogP contribution in [0.1, 0.15) is 31.7 Å². The number of nitrogens with one attached hydrogen (secondary N) is 1. The van der Waals surface area contributed by atoms with Crippen LogP contribution in [0.4, 0.5) is 0 Å². The van der Waals surface area contributed by atoms with E-state index in [2.05, 4.69) is 33.9 Å². The molecule has 0 radical (unpaired) electrons. The van der Waals surface area contributed by atoms with Gasteiger partial charge in [0.2, 0.25) is 5.91 Å². The number of fused-ring (bicyclic) bond motifs is 1. The molecule has 3 rings (SSSR count). The third kappa shape index (κ3) is 4.23. The van der Waals surface area contributed by atoms with Crippen molar-refractivity contribution in [3.05, 3.63) is 59.9 Å². The summed E-state index contributed by atoms with van der Waals surface area (Å²) in [5.41, 5.74) is 3.28. The molecule has 0 aliphatic heterocycles. The predicted molar refractivity (Wildman–Crippen MR) is 103 cm³/mol. The number of rotatable bonds is 8. The highest BCUT2D eigenvalue weighted by Crippen LogP contribution is 2.17. The van der Waals surface area contributed by atoms with Crippen molar-refractivity contribution in [2.24, 2.45) is 0 Å². The molecule has 0 spiro atoms. The largest absolute Gasteiger partial charge is 0.492 e. The SMILES string of the molecule is CCC(=O)NCc1nc2ccccc2n1CCOc1ccc(CC)cc1. The van der Waals surface area contributed by atoms with E-state index in [-0.39, 0.29) is 5.91 Å². The van der Waals surface area contributed by atoms with E-state index >= 15 is 0 Å².